The highest BCUT2D eigenvalue weighted by atomic mass is 79.9. The van der Waals surface area contributed by atoms with Gasteiger partial charge in [0, 0.05) is 12.4 Å². The minimum Gasteiger partial charge on any atom is -0.478 e. The van der Waals surface area contributed by atoms with Crippen LogP contribution in [0.1, 0.15) is 10.4 Å². The zero-order valence-electron chi connectivity index (χ0n) is 6.81. The van der Waals surface area contributed by atoms with E-state index in [1.54, 1.807) is 0 Å². The number of nitrogens with zero attached hydrogens (tertiary/aromatic N) is 3. The van der Waals surface area contributed by atoms with Crippen LogP contribution in [0, 0.1) is 0 Å². The normalized spacial score (nSPS) is 10.6. The van der Waals surface area contributed by atoms with Gasteiger partial charge in [0.25, 0.3) is 0 Å². The van der Waals surface area contributed by atoms with E-state index in [-0.39, 0.29) is 5.56 Å². The summed E-state index contributed by atoms with van der Waals surface area (Å²) in [6, 6.07) is 0. The second-order valence-electron chi connectivity index (χ2n) is 2.62. The third-order valence-electron chi connectivity index (χ3n) is 1.71. The monoisotopic (exact) mass is 256 g/mol. The van der Waals surface area contributed by atoms with Gasteiger partial charge in [-0.2, -0.15) is 5.10 Å². The summed E-state index contributed by atoms with van der Waals surface area (Å²) < 4.78 is 1.77. The minimum absolute atomic E-state index is 0.0625. The van der Waals surface area contributed by atoms with E-state index in [4.69, 9.17) is 10.8 Å². The summed E-state index contributed by atoms with van der Waals surface area (Å²) in [7, 11) is 0. The third-order valence-corrected chi connectivity index (χ3v) is 2.30. The lowest BCUT2D eigenvalue weighted by atomic mass is 10.3. The van der Waals surface area contributed by atoms with Gasteiger partial charge in [-0.15, -0.1) is 0 Å². The van der Waals surface area contributed by atoms with Crippen molar-refractivity contribution in [3.8, 4) is 0 Å². The number of carbonyl (C=O) groups is 1. The fourth-order valence-electron chi connectivity index (χ4n) is 1.04. The van der Waals surface area contributed by atoms with Crippen LogP contribution in [0.2, 0.25) is 0 Å². The average Bonchev–Trinajstić information content (AvgIpc) is 2.42. The molecule has 0 spiro atoms. The Morgan fingerprint density at radius 1 is 1.64 bits per heavy atom. The van der Waals surface area contributed by atoms with E-state index < -0.39 is 5.97 Å². The molecule has 2 rings (SSSR count). The molecule has 0 bridgehead atoms. The first kappa shape index (κ1) is 8.95. The summed E-state index contributed by atoms with van der Waals surface area (Å²) in [5.41, 5.74) is 6.51. The molecule has 72 valence electrons. The number of anilines is 1. The molecule has 0 fully saturated rings. The maximum Gasteiger partial charge on any atom is 0.338 e. The van der Waals surface area contributed by atoms with Gasteiger partial charge in [-0.05, 0) is 15.9 Å². The lowest BCUT2D eigenvalue weighted by molar-refractivity contribution is 0.0695. The molecule has 6 nitrogen and oxygen atoms in total. The minimum atomic E-state index is -1.05. The van der Waals surface area contributed by atoms with Crippen molar-refractivity contribution < 1.29 is 9.90 Å². The Kier molecular flexibility index (Phi) is 1.88. The Hall–Kier alpha value is -1.63. The first-order chi connectivity index (χ1) is 6.59. The molecule has 2 aromatic rings. The molecule has 3 N–H and O–H groups in total. The predicted molar refractivity (Wildman–Crippen MR) is 52.1 cm³/mol. The van der Waals surface area contributed by atoms with Crippen LogP contribution in [-0.2, 0) is 0 Å². The first-order valence-electron chi connectivity index (χ1n) is 3.62. The van der Waals surface area contributed by atoms with E-state index in [9.17, 15) is 4.79 Å². The molecule has 2 heterocycles. The molecule has 2 aromatic heterocycles. The van der Waals surface area contributed by atoms with Gasteiger partial charge in [-0.25, -0.2) is 14.3 Å². The van der Waals surface area contributed by atoms with Crippen LogP contribution in [0.25, 0.3) is 5.65 Å². The van der Waals surface area contributed by atoms with Gasteiger partial charge >= 0.3 is 5.97 Å². The quantitative estimate of drug-likeness (QED) is 0.786. The highest BCUT2D eigenvalue weighted by Gasteiger charge is 2.10. The van der Waals surface area contributed by atoms with Crippen molar-refractivity contribution in [1.82, 2.24) is 14.6 Å². The van der Waals surface area contributed by atoms with Crippen LogP contribution in [0.4, 0.5) is 5.69 Å². The lowest BCUT2D eigenvalue weighted by Crippen LogP contribution is -2.01. The largest absolute Gasteiger partial charge is 0.478 e. The number of halogens is 1. The van der Waals surface area contributed by atoms with Crippen molar-refractivity contribution in [3.63, 3.8) is 0 Å². The van der Waals surface area contributed by atoms with E-state index in [1.807, 2.05) is 0 Å². The fourth-order valence-corrected chi connectivity index (χ4v) is 1.38. The van der Waals surface area contributed by atoms with Crippen LogP contribution in [0.15, 0.2) is 17.0 Å². The van der Waals surface area contributed by atoms with Gasteiger partial charge in [-0.3, -0.25) is 0 Å². The number of carboxylic acid groups (broad SMARTS) is 1. The van der Waals surface area contributed by atoms with E-state index in [0.29, 0.717) is 15.9 Å². The number of nitrogen functional groups attached to an aromatic ring is 1. The Labute approximate surface area is 86.5 Å². The number of hydrogen-bond acceptors (Lipinski definition) is 4. The van der Waals surface area contributed by atoms with Crippen LogP contribution in [-0.4, -0.2) is 25.7 Å². The van der Waals surface area contributed by atoms with Gasteiger partial charge in [0.05, 0.1) is 5.56 Å². The van der Waals surface area contributed by atoms with E-state index in [0.717, 1.165) is 0 Å². The summed E-state index contributed by atoms with van der Waals surface area (Å²) in [5.74, 6) is -1.05. The maximum absolute atomic E-state index is 10.6. The van der Waals surface area contributed by atoms with Crippen molar-refractivity contribution in [2.45, 2.75) is 0 Å². The van der Waals surface area contributed by atoms with Crippen LogP contribution in [0.3, 0.4) is 0 Å². The first-order valence-corrected chi connectivity index (χ1v) is 4.41. The number of carboxylic acids is 1. The molecule has 0 saturated carbocycles. The molecule has 0 saturated heterocycles. The number of rotatable bonds is 1. The molecule has 0 amide bonds. The van der Waals surface area contributed by atoms with E-state index in [1.165, 1.54) is 16.9 Å². The maximum atomic E-state index is 10.6. The van der Waals surface area contributed by atoms with Crippen molar-refractivity contribution in [3.05, 3.63) is 22.6 Å². The molecular weight excluding hydrogens is 252 g/mol. The summed E-state index contributed by atoms with van der Waals surface area (Å²) in [5, 5.41) is 12.6. The summed E-state index contributed by atoms with van der Waals surface area (Å²) >= 11 is 3.13. The van der Waals surface area contributed by atoms with Crippen molar-refractivity contribution >= 4 is 33.2 Å². The molecular formula is C7H5BrN4O2. The van der Waals surface area contributed by atoms with Crippen molar-refractivity contribution in [2.24, 2.45) is 0 Å². The molecule has 0 aliphatic rings. The van der Waals surface area contributed by atoms with Crippen LogP contribution < -0.4 is 5.73 Å². The Bertz CT molecular complexity index is 522. The number of nitrogens with two attached hydrogens (primary N) is 1. The highest BCUT2D eigenvalue weighted by Crippen LogP contribution is 2.21. The second kappa shape index (κ2) is 2.95. The second-order valence-corrected chi connectivity index (χ2v) is 3.37. The van der Waals surface area contributed by atoms with Gasteiger partial charge in [-0.1, -0.05) is 0 Å². The molecule has 0 aliphatic heterocycles. The Morgan fingerprint density at radius 3 is 3.00 bits per heavy atom. The van der Waals surface area contributed by atoms with Crippen LogP contribution >= 0.6 is 15.9 Å². The molecule has 0 aromatic carbocycles. The standard InChI is InChI=1S/C7H5BrN4O2/c8-5-4(9)6-10-1-3(7(13)14)2-12(6)11-5/h1-2H,9H2,(H,13,14). The molecule has 0 atom stereocenters. The average molecular weight is 257 g/mol. The number of aromatic carboxylic acids is 1. The molecule has 7 heteroatoms. The zero-order chi connectivity index (χ0) is 10.3. The van der Waals surface area contributed by atoms with Crippen LogP contribution in [0.5, 0.6) is 0 Å². The lowest BCUT2D eigenvalue weighted by Gasteiger charge is -1.95. The SMILES string of the molecule is Nc1c(Br)nn2cc(C(=O)O)cnc12. The molecule has 0 aliphatic carbocycles. The Morgan fingerprint density at radius 2 is 2.36 bits per heavy atom. The summed E-state index contributed by atoms with van der Waals surface area (Å²) in [4.78, 5) is 14.5. The van der Waals surface area contributed by atoms with Crippen molar-refractivity contribution in [1.29, 1.82) is 0 Å². The Balaban J connectivity index is 2.73. The fraction of sp³-hybridized carbons (Fsp3) is 0. The zero-order valence-corrected chi connectivity index (χ0v) is 8.39. The predicted octanol–water partition coefficient (Wildman–Crippen LogP) is 0.772. The van der Waals surface area contributed by atoms with E-state index >= 15 is 0 Å². The van der Waals surface area contributed by atoms with Gasteiger partial charge in [0.1, 0.15) is 5.69 Å². The third kappa shape index (κ3) is 1.22. The smallest absolute Gasteiger partial charge is 0.338 e. The molecule has 0 unspecified atom stereocenters. The highest BCUT2D eigenvalue weighted by molar-refractivity contribution is 9.10. The molecule has 14 heavy (non-hydrogen) atoms. The van der Waals surface area contributed by atoms with Gasteiger partial charge in [0.2, 0.25) is 0 Å². The number of fused-ring (bicyclic) bond motifs is 1. The summed E-state index contributed by atoms with van der Waals surface area (Å²) in [6.07, 6.45) is 2.59. The number of hydrogen-bond donors (Lipinski definition) is 2. The molecule has 0 radical (unpaired) electrons. The van der Waals surface area contributed by atoms with Gasteiger partial charge in [0.15, 0.2) is 10.3 Å². The topological polar surface area (TPSA) is 93.5 Å². The summed E-state index contributed by atoms with van der Waals surface area (Å²) in [6.45, 7) is 0. The van der Waals surface area contributed by atoms with E-state index in [2.05, 4.69) is 26.0 Å². The van der Waals surface area contributed by atoms with Crippen molar-refractivity contribution in [2.75, 3.05) is 5.73 Å². The number of aromatic nitrogens is 3. The van der Waals surface area contributed by atoms with Gasteiger partial charge < -0.3 is 10.8 Å².